The molecule has 2 N–H and O–H groups in total. The summed E-state index contributed by atoms with van der Waals surface area (Å²) >= 11 is 0. The zero-order valence-electron chi connectivity index (χ0n) is 18.6. The van der Waals surface area contributed by atoms with E-state index < -0.39 is 17.3 Å². The average molecular weight is 458 g/mol. The van der Waals surface area contributed by atoms with E-state index in [9.17, 15) is 22.8 Å². The number of hydrogen-bond acceptors (Lipinski definition) is 4. The van der Waals surface area contributed by atoms with Crippen molar-refractivity contribution in [2.75, 3.05) is 0 Å². The second-order valence-corrected chi connectivity index (χ2v) is 8.02. The van der Waals surface area contributed by atoms with Gasteiger partial charge in [-0.2, -0.15) is 13.2 Å². The van der Waals surface area contributed by atoms with Gasteiger partial charge in [-0.15, -0.1) is 0 Å². The number of pyridine rings is 1. The Balaban J connectivity index is 2.05. The Morgan fingerprint density at radius 2 is 1.91 bits per heavy atom. The minimum atomic E-state index is -4.66. The summed E-state index contributed by atoms with van der Waals surface area (Å²) < 4.78 is 41.2. The second-order valence-electron chi connectivity index (χ2n) is 8.02. The highest BCUT2D eigenvalue weighted by Gasteiger charge is 2.34. The summed E-state index contributed by atoms with van der Waals surface area (Å²) in [5, 5.41) is 2.68. The van der Waals surface area contributed by atoms with Crippen LogP contribution in [-0.4, -0.2) is 20.9 Å². The standard InChI is InChI=1S/C24H25F3N4O2/c1-4-5-17-8-7-16(13-28-17)20-11-21(32)31-22(30-20)18-10-15(12-29-23(33)14(2)3)6-9-19(18)24(25,26)27/h6-11,13-14H,4-5,12H2,1-3H3,(H,29,33)(H,30,31,32). The fraction of sp³-hybridized carbons (Fsp3) is 0.333. The molecule has 0 aliphatic heterocycles. The molecule has 2 aromatic heterocycles. The number of rotatable bonds is 7. The minimum Gasteiger partial charge on any atom is -0.352 e. The monoisotopic (exact) mass is 458 g/mol. The van der Waals surface area contributed by atoms with Gasteiger partial charge in [0.15, 0.2) is 0 Å². The number of H-pyrrole nitrogens is 1. The maximum Gasteiger partial charge on any atom is 0.417 e. The van der Waals surface area contributed by atoms with Gasteiger partial charge in [-0.25, -0.2) is 4.98 Å². The SMILES string of the molecule is CCCc1ccc(-c2cc(=O)[nH]c(-c3cc(CNC(=O)C(C)C)ccc3C(F)(F)F)n2)cn1. The molecule has 0 bridgehead atoms. The van der Waals surface area contributed by atoms with Crippen molar-refractivity contribution in [3.8, 4) is 22.6 Å². The summed E-state index contributed by atoms with van der Waals surface area (Å²) in [6, 6.07) is 8.28. The predicted molar refractivity (Wildman–Crippen MR) is 119 cm³/mol. The Bertz CT molecular complexity index is 1190. The van der Waals surface area contributed by atoms with Crippen molar-refractivity contribution in [2.45, 2.75) is 46.3 Å². The lowest BCUT2D eigenvalue weighted by Gasteiger charge is -2.15. The lowest BCUT2D eigenvalue weighted by molar-refractivity contribution is -0.137. The summed E-state index contributed by atoms with van der Waals surface area (Å²) in [4.78, 5) is 35.2. The van der Waals surface area contributed by atoms with Crippen LogP contribution in [0.1, 0.15) is 44.0 Å². The molecule has 0 aliphatic rings. The lowest BCUT2D eigenvalue weighted by atomic mass is 10.0. The molecule has 3 aromatic rings. The first-order valence-electron chi connectivity index (χ1n) is 10.6. The van der Waals surface area contributed by atoms with Gasteiger partial charge in [0.25, 0.3) is 5.56 Å². The summed E-state index contributed by atoms with van der Waals surface area (Å²) in [6.45, 7) is 5.52. The molecule has 1 aromatic carbocycles. The highest BCUT2D eigenvalue weighted by molar-refractivity contribution is 5.78. The number of carbonyl (C=O) groups is 1. The molecule has 33 heavy (non-hydrogen) atoms. The molecule has 3 rings (SSSR count). The number of hydrogen-bond donors (Lipinski definition) is 2. The molecule has 0 atom stereocenters. The van der Waals surface area contributed by atoms with Crippen LogP contribution in [0, 0.1) is 5.92 Å². The van der Waals surface area contributed by atoms with Gasteiger partial charge < -0.3 is 10.3 Å². The summed E-state index contributed by atoms with van der Waals surface area (Å²) in [5.41, 5.74) is 0.283. The van der Waals surface area contributed by atoms with Gasteiger partial charge in [0.1, 0.15) is 5.82 Å². The van der Waals surface area contributed by atoms with Gasteiger partial charge >= 0.3 is 6.18 Å². The summed E-state index contributed by atoms with van der Waals surface area (Å²) in [7, 11) is 0. The molecular weight excluding hydrogens is 433 g/mol. The molecule has 0 unspecified atom stereocenters. The van der Waals surface area contributed by atoms with Crippen LogP contribution in [-0.2, 0) is 23.9 Å². The van der Waals surface area contributed by atoms with Crippen molar-refractivity contribution >= 4 is 5.91 Å². The molecule has 0 saturated heterocycles. The van der Waals surface area contributed by atoms with Gasteiger partial charge in [-0.05, 0) is 36.2 Å². The van der Waals surface area contributed by atoms with Crippen molar-refractivity contribution in [1.82, 2.24) is 20.3 Å². The van der Waals surface area contributed by atoms with E-state index in [1.165, 1.54) is 18.2 Å². The van der Waals surface area contributed by atoms with Crippen LogP contribution in [0.25, 0.3) is 22.6 Å². The fourth-order valence-electron chi connectivity index (χ4n) is 3.25. The quantitative estimate of drug-likeness (QED) is 0.535. The van der Waals surface area contributed by atoms with Crippen LogP contribution < -0.4 is 10.9 Å². The number of nitrogens with zero attached hydrogens (tertiary/aromatic N) is 2. The van der Waals surface area contributed by atoms with Crippen LogP contribution in [0.4, 0.5) is 13.2 Å². The van der Waals surface area contributed by atoms with Crippen molar-refractivity contribution in [2.24, 2.45) is 5.92 Å². The smallest absolute Gasteiger partial charge is 0.352 e. The first-order valence-corrected chi connectivity index (χ1v) is 10.6. The van der Waals surface area contributed by atoms with Crippen LogP contribution in [0.3, 0.4) is 0 Å². The van der Waals surface area contributed by atoms with Crippen molar-refractivity contribution < 1.29 is 18.0 Å². The number of alkyl halides is 3. The molecule has 0 aliphatic carbocycles. The molecule has 9 heteroatoms. The Kier molecular flexibility index (Phi) is 7.30. The Morgan fingerprint density at radius 3 is 2.52 bits per heavy atom. The Hall–Kier alpha value is -3.49. The Morgan fingerprint density at radius 1 is 1.15 bits per heavy atom. The number of benzene rings is 1. The molecule has 0 spiro atoms. The molecular formula is C24H25F3N4O2. The van der Waals surface area contributed by atoms with Crippen molar-refractivity contribution in [3.63, 3.8) is 0 Å². The minimum absolute atomic E-state index is 0.0505. The van der Waals surface area contributed by atoms with Crippen LogP contribution in [0.5, 0.6) is 0 Å². The molecule has 2 heterocycles. The normalized spacial score (nSPS) is 11.6. The first kappa shape index (κ1) is 24.2. The Labute approximate surface area is 189 Å². The van der Waals surface area contributed by atoms with E-state index in [0.717, 1.165) is 24.6 Å². The molecule has 0 fully saturated rings. The zero-order chi connectivity index (χ0) is 24.2. The molecule has 0 radical (unpaired) electrons. The van der Waals surface area contributed by atoms with E-state index in [1.807, 2.05) is 6.92 Å². The zero-order valence-corrected chi connectivity index (χ0v) is 18.6. The number of halogens is 3. The van der Waals surface area contributed by atoms with Gasteiger partial charge in [0.2, 0.25) is 5.91 Å². The van der Waals surface area contributed by atoms with Gasteiger partial charge in [0, 0.05) is 41.5 Å². The maximum absolute atomic E-state index is 13.7. The lowest BCUT2D eigenvalue weighted by Crippen LogP contribution is -2.27. The van der Waals surface area contributed by atoms with E-state index >= 15 is 0 Å². The number of nitrogens with one attached hydrogen (secondary N) is 2. The predicted octanol–water partition coefficient (Wildman–Crippen LogP) is 4.74. The third-order valence-corrected chi connectivity index (χ3v) is 5.00. The highest BCUT2D eigenvalue weighted by atomic mass is 19.4. The highest BCUT2D eigenvalue weighted by Crippen LogP contribution is 2.36. The van der Waals surface area contributed by atoms with Gasteiger partial charge in [0.05, 0.1) is 11.3 Å². The topological polar surface area (TPSA) is 87.7 Å². The largest absolute Gasteiger partial charge is 0.417 e. The van der Waals surface area contributed by atoms with Crippen molar-refractivity contribution in [3.05, 3.63) is 69.8 Å². The van der Waals surface area contributed by atoms with E-state index in [-0.39, 0.29) is 35.5 Å². The number of aryl methyl sites for hydroxylation is 1. The maximum atomic E-state index is 13.7. The van der Waals surface area contributed by atoms with Gasteiger partial charge in [-0.1, -0.05) is 33.3 Å². The van der Waals surface area contributed by atoms with Crippen molar-refractivity contribution in [1.29, 1.82) is 0 Å². The average Bonchev–Trinajstić information content (AvgIpc) is 2.76. The fourth-order valence-corrected chi connectivity index (χ4v) is 3.25. The van der Waals surface area contributed by atoms with E-state index in [4.69, 9.17) is 0 Å². The number of aromatic amines is 1. The molecule has 0 saturated carbocycles. The summed E-state index contributed by atoms with van der Waals surface area (Å²) in [6.07, 6.45) is -1.39. The number of aromatic nitrogens is 3. The molecule has 174 valence electrons. The number of carbonyl (C=O) groups excluding carboxylic acids is 1. The van der Waals surface area contributed by atoms with Crippen LogP contribution >= 0.6 is 0 Å². The van der Waals surface area contributed by atoms with E-state index in [1.54, 1.807) is 32.2 Å². The summed E-state index contributed by atoms with van der Waals surface area (Å²) in [5.74, 6) is -0.686. The molecule has 1 amide bonds. The third-order valence-electron chi connectivity index (χ3n) is 5.00. The third kappa shape index (κ3) is 6.06. The second kappa shape index (κ2) is 9.97. The van der Waals surface area contributed by atoms with Gasteiger partial charge in [-0.3, -0.25) is 14.6 Å². The van der Waals surface area contributed by atoms with E-state index in [2.05, 4.69) is 20.3 Å². The molecule has 6 nitrogen and oxygen atoms in total. The first-order chi connectivity index (χ1) is 15.6. The van der Waals surface area contributed by atoms with Crippen LogP contribution in [0.15, 0.2) is 47.4 Å². The van der Waals surface area contributed by atoms with E-state index in [0.29, 0.717) is 11.1 Å². The number of amides is 1. The van der Waals surface area contributed by atoms with Crippen LogP contribution in [0.2, 0.25) is 0 Å².